The van der Waals surface area contributed by atoms with Crippen LogP contribution in [0.25, 0.3) is 0 Å². The van der Waals surface area contributed by atoms with Crippen molar-refractivity contribution >= 4 is 29.9 Å². The van der Waals surface area contributed by atoms with Gasteiger partial charge in [-0.3, -0.25) is 9.89 Å². The van der Waals surface area contributed by atoms with Crippen molar-refractivity contribution in [2.75, 3.05) is 33.4 Å². The minimum Gasteiger partial charge on any atom is -0.383 e. The van der Waals surface area contributed by atoms with E-state index in [1.165, 1.54) is 11.1 Å². The van der Waals surface area contributed by atoms with E-state index in [0.29, 0.717) is 6.61 Å². The first kappa shape index (κ1) is 23.2. The quantitative estimate of drug-likeness (QED) is 0.363. The van der Waals surface area contributed by atoms with Crippen LogP contribution in [-0.2, 0) is 17.7 Å². The van der Waals surface area contributed by atoms with Gasteiger partial charge in [0.15, 0.2) is 5.96 Å². The average Bonchev–Trinajstić information content (AvgIpc) is 2.60. The lowest BCUT2D eigenvalue weighted by Gasteiger charge is -2.40. The topological polar surface area (TPSA) is 48.9 Å². The molecule has 0 saturated carbocycles. The number of nitrogens with one attached hydrogen (secondary N) is 2. The molecule has 0 saturated heterocycles. The van der Waals surface area contributed by atoms with E-state index in [1.807, 2.05) is 0 Å². The van der Waals surface area contributed by atoms with E-state index in [9.17, 15) is 0 Å². The van der Waals surface area contributed by atoms with Crippen LogP contribution in [0.4, 0.5) is 0 Å². The molecule has 5 nitrogen and oxygen atoms in total. The molecule has 26 heavy (non-hydrogen) atoms. The number of aliphatic imine (C=N–C) groups is 1. The van der Waals surface area contributed by atoms with Crippen LogP contribution in [0, 0.1) is 0 Å². The normalized spacial score (nSPS) is 16.4. The maximum Gasteiger partial charge on any atom is 0.191 e. The summed E-state index contributed by atoms with van der Waals surface area (Å²) < 4.78 is 5.20. The van der Waals surface area contributed by atoms with Gasteiger partial charge in [-0.05, 0) is 45.2 Å². The zero-order valence-corrected chi connectivity index (χ0v) is 19.2. The van der Waals surface area contributed by atoms with E-state index < -0.39 is 0 Å². The van der Waals surface area contributed by atoms with Gasteiger partial charge in [0.1, 0.15) is 0 Å². The van der Waals surface area contributed by atoms with Gasteiger partial charge < -0.3 is 15.4 Å². The highest BCUT2D eigenvalue weighted by Crippen LogP contribution is 2.25. The van der Waals surface area contributed by atoms with Crippen molar-refractivity contribution in [1.29, 1.82) is 0 Å². The first-order valence-corrected chi connectivity index (χ1v) is 9.32. The zero-order valence-electron chi connectivity index (χ0n) is 16.8. The maximum absolute atomic E-state index is 5.20. The number of hydrogen-bond donors (Lipinski definition) is 2. The van der Waals surface area contributed by atoms with E-state index in [-0.39, 0.29) is 35.6 Å². The summed E-state index contributed by atoms with van der Waals surface area (Å²) in [5.41, 5.74) is 2.95. The summed E-state index contributed by atoms with van der Waals surface area (Å²) in [6.45, 7) is 13.1. The molecule has 1 heterocycles. The molecule has 0 aromatic heterocycles. The number of halogens is 1. The number of methoxy groups -OCH3 is 1. The fourth-order valence-electron chi connectivity index (χ4n) is 3.23. The Morgan fingerprint density at radius 1 is 1.31 bits per heavy atom. The van der Waals surface area contributed by atoms with Gasteiger partial charge >= 0.3 is 0 Å². The van der Waals surface area contributed by atoms with Gasteiger partial charge in [-0.2, -0.15) is 0 Å². The van der Waals surface area contributed by atoms with Crippen molar-refractivity contribution in [3.05, 3.63) is 35.4 Å². The molecule has 0 aliphatic carbocycles. The molecular formula is C20H35IN4O. The third kappa shape index (κ3) is 6.70. The second-order valence-corrected chi connectivity index (χ2v) is 7.45. The van der Waals surface area contributed by atoms with Crippen LogP contribution in [0.15, 0.2) is 29.3 Å². The van der Waals surface area contributed by atoms with Gasteiger partial charge in [0.2, 0.25) is 0 Å². The number of benzene rings is 1. The number of guanidine groups is 1. The number of fused-ring (bicyclic) bond motifs is 1. The second kappa shape index (κ2) is 11.1. The van der Waals surface area contributed by atoms with E-state index in [2.05, 4.69) is 67.5 Å². The fraction of sp³-hybridized carbons (Fsp3) is 0.650. The van der Waals surface area contributed by atoms with Gasteiger partial charge in [0.05, 0.1) is 13.2 Å². The molecule has 1 unspecified atom stereocenters. The molecule has 0 bridgehead atoms. The molecule has 1 aliphatic rings. The molecule has 0 fully saturated rings. The monoisotopic (exact) mass is 474 g/mol. The molecule has 6 heteroatoms. The van der Waals surface area contributed by atoms with Crippen molar-refractivity contribution in [3.8, 4) is 0 Å². The Labute approximate surface area is 176 Å². The molecule has 1 aromatic rings. The number of rotatable bonds is 7. The highest BCUT2D eigenvalue weighted by atomic mass is 127. The summed E-state index contributed by atoms with van der Waals surface area (Å²) in [4.78, 5) is 7.38. The summed E-state index contributed by atoms with van der Waals surface area (Å²) in [6, 6.07) is 9.01. The van der Waals surface area contributed by atoms with Crippen molar-refractivity contribution in [3.63, 3.8) is 0 Å². The Balaban J connectivity index is 0.00000338. The highest BCUT2D eigenvalue weighted by Gasteiger charge is 2.29. The van der Waals surface area contributed by atoms with Gasteiger partial charge in [-0.1, -0.05) is 24.3 Å². The molecule has 0 amide bonds. The average molecular weight is 474 g/mol. The summed E-state index contributed by atoms with van der Waals surface area (Å²) in [5.74, 6) is 0.859. The van der Waals surface area contributed by atoms with Gasteiger partial charge in [0.25, 0.3) is 0 Å². The number of nitrogens with zero attached hydrogens (tertiary/aromatic N) is 2. The van der Waals surface area contributed by atoms with Gasteiger partial charge in [-0.25, -0.2) is 0 Å². The lowest BCUT2D eigenvalue weighted by Crippen LogP contribution is -2.50. The predicted octanol–water partition coefficient (Wildman–Crippen LogP) is 3.03. The standard InChI is InChI=1S/C20H34N4O.HI/c1-6-21-19(23-16(2)14-25-5)22-15-20(3,4)24-12-11-17-9-7-8-10-18(17)13-24;/h7-10,16H,6,11-15H2,1-5H3,(H2,21,22,23);1H. The van der Waals surface area contributed by atoms with E-state index >= 15 is 0 Å². The number of hydrogen-bond acceptors (Lipinski definition) is 3. The maximum atomic E-state index is 5.20. The van der Waals surface area contributed by atoms with Crippen LogP contribution in [0.2, 0.25) is 0 Å². The summed E-state index contributed by atoms with van der Waals surface area (Å²) in [6.07, 6.45) is 1.12. The van der Waals surface area contributed by atoms with Crippen LogP contribution < -0.4 is 10.6 Å². The fourth-order valence-corrected chi connectivity index (χ4v) is 3.23. The molecule has 2 N–H and O–H groups in total. The minimum atomic E-state index is 0. The van der Waals surface area contributed by atoms with Crippen molar-refractivity contribution < 1.29 is 4.74 Å². The highest BCUT2D eigenvalue weighted by molar-refractivity contribution is 14.0. The molecule has 1 atom stereocenters. The van der Waals surface area contributed by atoms with Crippen LogP contribution in [-0.4, -0.2) is 55.8 Å². The van der Waals surface area contributed by atoms with E-state index in [1.54, 1.807) is 7.11 Å². The van der Waals surface area contributed by atoms with Gasteiger partial charge in [-0.15, -0.1) is 24.0 Å². The lowest BCUT2D eigenvalue weighted by atomic mass is 9.94. The Bertz CT molecular complexity index is 577. The van der Waals surface area contributed by atoms with Gasteiger partial charge in [0, 0.05) is 38.3 Å². The first-order chi connectivity index (χ1) is 12.0. The molecular weight excluding hydrogens is 439 g/mol. The third-order valence-corrected chi connectivity index (χ3v) is 4.75. The second-order valence-electron chi connectivity index (χ2n) is 7.45. The first-order valence-electron chi connectivity index (χ1n) is 9.32. The van der Waals surface area contributed by atoms with Crippen LogP contribution in [0.5, 0.6) is 0 Å². The minimum absolute atomic E-state index is 0. The van der Waals surface area contributed by atoms with Crippen molar-refractivity contribution in [2.24, 2.45) is 4.99 Å². The van der Waals surface area contributed by atoms with Crippen LogP contribution in [0.1, 0.15) is 38.8 Å². The largest absolute Gasteiger partial charge is 0.383 e. The Kier molecular flexibility index (Phi) is 9.89. The van der Waals surface area contributed by atoms with Crippen molar-refractivity contribution in [1.82, 2.24) is 15.5 Å². The SMILES string of the molecule is CCNC(=NCC(C)(C)N1CCc2ccccc2C1)NC(C)COC.I. The Morgan fingerprint density at radius 3 is 2.65 bits per heavy atom. The third-order valence-electron chi connectivity index (χ3n) is 4.75. The van der Waals surface area contributed by atoms with E-state index in [0.717, 1.165) is 38.6 Å². The molecule has 2 rings (SSSR count). The zero-order chi connectivity index (χ0) is 18.3. The Hall–Kier alpha value is -0.860. The smallest absolute Gasteiger partial charge is 0.191 e. The van der Waals surface area contributed by atoms with Crippen LogP contribution >= 0.6 is 24.0 Å². The number of ether oxygens (including phenoxy) is 1. The van der Waals surface area contributed by atoms with Crippen molar-refractivity contribution in [2.45, 2.75) is 52.2 Å². The molecule has 1 aromatic carbocycles. The molecule has 1 aliphatic heterocycles. The molecule has 148 valence electrons. The molecule has 0 spiro atoms. The molecule has 0 radical (unpaired) electrons. The predicted molar refractivity (Wildman–Crippen MR) is 121 cm³/mol. The summed E-state index contributed by atoms with van der Waals surface area (Å²) in [5, 5.41) is 6.73. The summed E-state index contributed by atoms with van der Waals surface area (Å²) in [7, 11) is 1.72. The lowest BCUT2D eigenvalue weighted by molar-refractivity contribution is 0.111. The summed E-state index contributed by atoms with van der Waals surface area (Å²) >= 11 is 0. The van der Waals surface area contributed by atoms with Crippen LogP contribution in [0.3, 0.4) is 0 Å². The van der Waals surface area contributed by atoms with E-state index in [4.69, 9.17) is 9.73 Å². The Morgan fingerprint density at radius 2 is 2.00 bits per heavy atom.